The first-order chi connectivity index (χ1) is 8.16. The van der Waals surface area contributed by atoms with Crippen molar-refractivity contribution in [2.75, 3.05) is 20.3 Å². The van der Waals surface area contributed by atoms with Crippen LogP contribution in [-0.4, -0.2) is 51.4 Å². The first-order valence-electron chi connectivity index (χ1n) is 4.76. The third kappa shape index (κ3) is 7.45. The van der Waals surface area contributed by atoms with Crippen LogP contribution < -0.4 is 0 Å². The first-order valence-corrected chi connectivity index (χ1v) is 5.76. The molecular weight excluding hydrogens is 280 g/mol. The summed E-state index contributed by atoms with van der Waals surface area (Å²) in [4.78, 5) is 4.41. The fourth-order valence-corrected chi connectivity index (χ4v) is 1.16. The van der Waals surface area contributed by atoms with Crippen LogP contribution in [0.15, 0.2) is 12.4 Å². The molecule has 1 aliphatic rings. The number of hydrogen-bond donors (Lipinski definition) is 0. The van der Waals surface area contributed by atoms with E-state index in [2.05, 4.69) is 40.4 Å². The molecule has 1 rings (SSSR count). The summed E-state index contributed by atoms with van der Waals surface area (Å²) in [5, 5.41) is 0. The van der Waals surface area contributed by atoms with Gasteiger partial charge < -0.3 is 14.4 Å². The zero-order chi connectivity index (χ0) is 14.3. The quantitative estimate of drug-likeness (QED) is 0.580. The number of alkyl halides is 4. The molecule has 18 heavy (non-hydrogen) atoms. The van der Waals surface area contributed by atoms with Crippen LogP contribution in [0.4, 0.5) is 17.6 Å². The highest BCUT2D eigenvalue weighted by Crippen LogP contribution is 2.23. The minimum absolute atomic E-state index is 1.05. The van der Waals surface area contributed by atoms with Gasteiger partial charge in [-0.1, -0.05) is 0 Å². The van der Waals surface area contributed by atoms with Gasteiger partial charge in [-0.3, -0.25) is 4.18 Å². The molecule has 0 radical (unpaired) electrons. The smallest absolute Gasteiger partial charge is 0.446 e. The van der Waals surface area contributed by atoms with Crippen LogP contribution in [0.1, 0.15) is 6.92 Å². The summed E-state index contributed by atoms with van der Waals surface area (Å²) in [6.45, 7) is 4.32. The Hall–Kier alpha value is -0.870. The van der Waals surface area contributed by atoms with Crippen molar-refractivity contribution in [3.05, 3.63) is 12.4 Å². The Morgan fingerprint density at radius 2 is 2.06 bits per heavy atom. The normalized spacial score (nSPS) is 18.4. The van der Waals surface area contributed by atoms with Crippen LogP contribution >= 0.6 is 0 Å². The lowest BCUT2D eigenvalue weighted by molar-refractivity contribution is -0.235. The predicted molar refractivity (Wildman–Crippen MR) is 55.1 cm³/mol. The first kappa shape index (κ1) is 17.1. The minimum Gasteiger partial charge on any atom is -0.750 e. The van der Waals surface area contributed by atoms with Crippen LogP contribution in [-0.2, 0) is 15.5 Å². The zero-order valence-corrected chi connectivity index (χ0v) is 10.5. The van der Waals surface area contributed by atoms with Crippen LogP contribution in [0.3, 0.4) is 0 Å². The summed E-state index contributed by atoms with van der Waals surface area (Å²) in [5.74, 6) is 0. The lowest BCUT2D eigenvalue weighted by Crippen LogP contribution is -2.27. The van der Waals surface area contributed by atoms with Gasteiger partial charge in [-0.05, 0) is 6.92 Å². The molecule has 0 saturated carbocycles. The Labute approximate surface area is 104 Å². The molecule has 0 aromatic rings. The molecule has 0 bridgehead atoms. The average molecular weight is 293 g/mol. The van der Waals surface area contributed by atoms with Gasteiger partial charge >= 0.3 is 12.5 Å². The molecule has 2 atom stereocenters. The topological polar surface area (TPSA) is 55.8 Å². The highest BCUT2D eigenvalue weighted by Gasteiger charge is 2.41. The molecule has 1 heterocycles. The standard InChI is InChI=1S/C6H12N2.C2H2F4O3S/c1-3-8-5-4-7(2)6-8;3-1(2(4,5)6)9-10(7)8/h4-5H,3,6H2,1-2H3;1H,(H,7,8)/p-1. The summed E-state index contributed by atoms with van der Waals surface area (Å²) >= 11 is -3.49. The second-order valence-electron chi connectivity index (χ2n) is 3.26. The van der Waals surface area contributed by atoms with Gasteiger partial charge in [0.1, 0.15) is 0 Å². The monoisotopic (exact) mass is 293 g/mol. The molecule has 0 aromatic carbocycles. The number of nitrogens with zero attached hydrogens (tertiary/aromatic N) is 2. The van der Waals surface area contributed by atoms with Crippen molar-refractivity contribution >= 4 is 11.4 Å². The molecule has 5 nitrogen and oxygen atoms in total. The predicted octanol–water partition coefficient (Wildman–Crippen LogP) is 1.34. The maximum Gasteiger partial charge on any atom is 0.446 e. The molecule has 1 aliphatic heterocycles. The van der Waals surface area contributed by atoms with Crippen molar-refractivity contribution in [2.24, 2.45) is 0 Å². The Balaban J connectivity index is 0.000000327. The molecule has 0 saturated heterocycles. The Kier molecular flexibility index (Phi) is 7.18. The molecule has 0 amide bonds. The van der Waals surface area contributed by atoms with E-state index in [-0.39, 0.29) is 0 Å². The van der Waals surface area contributed by atoms with Gasteiger partial charge in [0.15, 0.2) is 0 Å². The van der Waals surface area contributed by atoms with Crippen molar-refractivity contribution in [1.29, 1.82) is 0 Å². The summed E-state index contributed by atoms with van der Waals surface area (Å²) in [5.41, 5.74) is 0. The van der Waals surface area contributed by atoms with Gasteiger partial charge in [-0.2, -0.15) is 13.2 Å². The van der Waals surface area contributed by atoms with Gasteiger partial charge in [0, 0.05) is 26.0 Å². The van der Waals surface area contributed by atoms with E-state index >= 15 is 0 Å². The van der Waals surface area contributed by atoms with Gasteiger partial charge in [-0.15, -0.1) is 0 Å². The van der Waals surface area contributed by atoms with E-state index in [0.717, 1.165) is 13.2 Å². The van der Waals surface area contributed by atoms with Crippen molar-refractivity contribution in [3.63, 3.8) is 0 Å². The largest absolute Gasteiger partial charge is 0.750 e. The molecule has 0 aliphatic carbocycles. The van der Waals surface area contributed by atoms with Crippen LogP contribution in [0.5, 0.6) is 0 Å². The maximum atomic E-state index is 11.4. The number of hydrogen-bond acceptors (Lipinski definition) is 5. The van der Waals surface area contributed by atoms with E-state index < -0.39 is 23.9 Å². The van der Waals surface area contributed by atoms with Gasteiger partial charge in [0.2, 0.25) is 0 Å². The van der Waals surface area contributed by atoms with E-state index in [9.17, 15) is 26.3 Å². The molecule has 0 N–H and O–H groups in total. The molecule has 108 valence electrons. The second-order valence-corrected chi connectivity index (χ2v) is 3.86. The van der Waals surface area contributed by atoms with Crippen molar-refractivity contribution < 1.29 is 30.5 Å². The fourth-order valence-electron chi connectivity index (χ4n) is 0.918. The maximum absolute atomic E-state index is 11.4. The van der Waals surface area contributed by atoms with Crippen molar-refractivity contribution in [1.82, 2.24) is 9.80 Å². The van der Waals surface area contributed by atoms with E-state index in [4.69, 9.17) is 0 Å². The van der Waals surface area contributed by atoms with Crippen molar-refractivity contribution in [3.8, 4) is 0 Å². The summed E-state index contributed by atoms with van der Waals surface area (Å²) in [7, 11) is 2.08. The summed E-state index contributed by atoms with van der Waals surface area (Å²) in [6.07, 6.45) is -4.87. The van der Waals surface area contributed by atoms with Gasteiger partial charge in [-0.25, -0.2) is 8.60 Å². The highest BCUT2D eigenvalue weighted by atomic mass is 32.2. The zero-order valence-electron chi connectivity index (χ0n) is 9.69. The Morgan fingerprint density at radius 3 is 2.22 bits per heavy atom. The number of rotatable bonds is 3. The molecular formula is C8H13F4N2O3S-. The Bertz CT molecular complexity index is 301. The number of halogens is 4. The molecule has 0 fully saturated rings. The molecule has 0 spiro atoms. The highest BCUT2D eigenvalue weighted by molar-refractivity contribution is 7.74. The third-order valence-electron chi connectivity index (χ3n) is 1.76. The lowest BCUT2D eigenvalue weighted by atomic mass is 10.6. The summed E-state index contributed by atoms with van der Waals surface area (Å²) in [6, 6.07) is 0. The van der Waals surface area contributed by atoms with Crippen molar-refractivity contribution in [2.45, 2.75) is 19.5 Å². The fraction of sp³-hybridized carbons (Fsp3) is 0.750. The minimum atomic E-state index is -5.29. The van der Waals surface area contributed by atoms with Gasteiger partial charge in [0.25, 0.3) is 0 Å². The van der Waals surface area contributed by atoms with E-state index in [0.29, 0.717) is 0 Å². The van der Waals surface area contributed by atoms with Gasteiger partial charge in [0.05, 0.1) is 18.0 Å². The third-order valence-corrected chi connectivity index (χ3v) is 2.09. The van der Waals surface area contributed by atoms with Crippen LogP contribution in [0.25, 0.3) is 0 Å². The van der Waals surface area contributed by atoms with E-state index in [1.54, 1.807) is 0 Å². The van der Waals surface area contributed by atoms with E-state index in [1.165, 1.54) is 0 Å². The second kappa shape index (κ2) is 7.54. The summed E-state index contributed by atoms with van der Waals surface area (Å²) < 4.78 is 65.9. The molecule has 10 heteroatoms. The SMILES string of the molecule is CCN1C=CN(C)C1.O=S([O-])OC(F)C(F)(F)F. The molecule has 0 aromatic heterocycles. The van der Waals surface area contributed by atoms with E-state index in [1.807, 2.05) is 0 Å². The lowest BCUT2D eigenvalue weighted by Gasteiger charge is -2.14. The van der Waals surface area contributed by atoms with Crippen LogP contribution in [0.2, 0.25) is 0 Å². The Morgan fingerprint density at radius 1 is 1.50 bits per heavy atom. The van der Waals surface area contributed by atoms with Crippen LogP contribution in [0, 0.1) is 0 Å². The molecule has 2 unspecified atom stereocenters. The average Bonchev–Trinajstić information content (AvgIpc) is 2.63.